The molecule has 0 aliphatic rings. The lowest BCUT2D eigenvalue weighted by molar-refractivity contribution is 0.134. The number of nitrogens with zero attached hydrogens (tertiary/aromatic N) is 1. The van der Waals surface area contributed by atoms with Crippen molar-refractivity contribution in [3.63, 3.8) is 0 Å². The van der Waals surface area contributed by atoms with Crippen molar-refractivity contribution in [1.29, 1.82) is 0 Å². The Hall–Kier alpha value is -2.57. The molecule has 0 heterocycles. The number of para-hydroxylation sites is 1. The minimum atomic E-state index is -0.228. The first-order valence-electron chi connectivity index (χ1n) is 10.2. The van der Waals surface area contributed by atoms with Crippen molar-refractivity contribution in [3.05, 3.63) is 59.7 Å². The van der Waals surface area contributed by atoms with Crippen LogP contribution in [-0.4, -0.2) is 44.3 Å². The van der Waals surface area contributed by atoms with Crippen molar-refractivity contribution in [2.45, 2.75) is 33.4 Å². The Balaban J connectivity index is 2.08. The molecular formula is C23H33N3O3. The first-order valence-corrected chi connectivity index (χ1v) is 10.2. The van der Waals surface area contributed by atoms with Gasteiger partial charge in [0.05, 0.1) is 19.8 Å². The molecule has 2 aromatic rings. The van der Waals surface area contributed by atoms with Gasteiger partial charge in [-0.15, -0.1) is 0 Å². The summed E-state index contributed by atoms with van der Waals surface area (Å²) in [4.78, 5) is 14.9. The number of ether oxygens (including phenoxy) is 2. The molecule has 2 rings (SSSR count). The van der Waals surface area contributed by atoms with Gasteiger partial charge in [0, 0.05) is 24.4 Å². The molecular weight excluding hydrogens is 366 g/mol. The summed E-state index contributed by atoms with van der Waals surface area (Å²) in [5.74, 6) is 0.814. The SMILES string of the molecule is CCOCc1ccccc1NC(=O)NCC(c1cccc(OC)c1)N(CC)CC. The summed E-state index contributed by atoms with van der Waals surface area (Å²) in [6.07, 6.45) is 0. The van der Waals surface area contributed by atoms with Gasteiger partial charge in [0.15, 0.2) is 0 Å². The summed E-state index contributed by atoms with van der Waals surface area (Å²) in [7, 11) is 1.66. The molecule has 0 spiro atoms. The number of nitrogens with one attached hydrogen (secondary N) is 2. The molecule has 0 fully saturated rings. The van der Waals surface area contributed by atoms with Crippen LogP contribution in [0.25, 0.3) is 0 Å². The molecule has 0 aliphatic carbocycles. The zero-order chi connectivity index (χ0) is 21.1. The number of likely N-dealkylation sites (N-methyl/N-ethyl adjacent to an activating group) is 1. The third-order valence-electron chi connectivity index (χ3n) is 4.91. The molecule has 1 atom stereocenters. The van der Waals surface area contributed by atoms with Crippen LogP contribution >= 0.6 is 0 Å². The molecule has 0 saturated carbocycles. The predicted molar refractivity (Wildman–Crippen MR) is 117 cm³/mol. The molecule has 2 amide bonds. The molecule has 0 radical (unpaired) electrons. The van der Waals surface area contributed by atoms with Crippen LogP contribution in [0, 0.1) is 0 Å². The maximum atomic E-state index is 12.6. The molecule has 2 aromatic carbocycles. The molecule has 0 bridgehead atoms. The fraction of sp³-hybridized carbons (Fsp3) is 0.435. The summed E-state index contributed by atoms with van der Waals surface area (Å²) >= 11 is 0. The number of hydrogen-bond donors (Lipinski definition) is 2. The summed E-state index contributed by atoms with van der Waals surface area (Å²) in [5, 5.41) is 5.98. The number of benzene rings is 2. The minimum Gasteiger partial charge on any atom is -0.497 e. The summed E-state index contributed by atoms with van der Waals surface area (Å²) in [6.45, 7) is 9.58. The predicted octanol–water partition coefficient (Wildman–Crippen LogP) is 4.44. The van der Waals surface area contributed by atoms with Crippen LogP contribution in [0.15, 0.2) is 48.5 Å². The molecule has 6 heteroatoms. The van der Waals surface area contributed by atoms with Crippen LogP contribution in [0.2, 0.25) is 0 Å². The van der Waals surface area contributed by atoms with Gasteiger partial charge in [-0.25, -0.2) is 4.79 Å². The average molecular weight is 400 g/mol. The maximum Gasteiger partial charge on any atom is 0.319 e. The van der Waals surface area contributed by atoms with Crippen molar-refractivity contribution in [2.24, 2.45) is 0 Å². The highest BCUT2D eigenvalue weighted by molar-refractivity contribution is 5.90. The Labute approximate surface area is 174 Å². The Kier molecular flexibility index (Phi) is 9.47. The molecule has 0 aliphatic heterocycles. The molecule has 0 saturated heterocycles. The highest BCUT2D eigenvalue weighted by Crippen LogP contribution is 2.24. The number of methoxy groups -OCH3 is 1. The number of rotatable bonds is 11. The second kappa shape index (κ2) is 12.1. The second-order valence-corrected chi connectivity index (χ2v) is 6.64. The van der Waals surface area contributed by atoms with Gasteiger partial charge in [0.25, 0.3) is 0 Å². The van der Waals surface area contributed by atoms with Gasteiger partial charge in [-0.3, -0.25) is 4.90 Å². The van der Waals surface area contributed by atoms with E-state index in [0.29, 0.717) is 19.8 Å². The van der Waals surface area contributed by atoms with Gasteiger partial charge in [-0.05, 0) is 43.8 Å². The van der Waals surface area contributed by atoms with E-state index in [0.717, 1.165) is 35.7 Å². The maximum absolute atomic E-state index is 12.6. The number of carbonyl (C=O) groups is 1. The summed E-state index contributed by atoms with van der Waals surface area (Å²) in [6, 6.07) is 15.5. The van der Waals surface area contributed by atoms with E-state index >= 15 is 0 Å². The highest BCUT2D eigenvalue weighted by atomic mass is 16.5. The van der Waals surface area contributed by atoms with Crippen molar-refractivity contribution in [3.8, 4) is 5.75 Å². The smallest absolute Gasteiger partial charge is 0.319 e. The Morgan fingerprint density at radius 3 is 2.52 bits per heavy atom. The van der Waals surface area contributed by atoms with E-state index in [1.165, 1.54) is 0 Å². The van der Waals surface area contributed by atoms with E-state index in [-0.39, 0.29) is 12.1 Å². The molecule has 29 heavy (non-hydrogen) atoms. The molecule has 6 nitrogen and oxygen atoms in total. The van der Waals surface area contributed by atoms with E-state index in [1.807, 2.05) is 49.4 Å². The van der Waals surface area contributed by atoms with Crippen LogP contribution in [0.4, 0.5) is 10.5 Å². The van der Waals surface area contributed by atoms with Gasteiger partial charge in [-0.1, -0.05) is 44.2 Å². The third kappa shape index (κ3) is 6.76. The van der Waals surface area contributed by atoms with Crippen LogP contribution < -0.4 is 15.4 Å². The average Bonchev–Trinajstić information content (AvgIpc) is 2.76. The van der Waals surface area contributed by atoms with E-state index in [2.05, 4.69) is 35.4 Å². The third-order valence-corrected chi connectivity index (χ3v) is 4.91. The number of amides is 2. The van der Waals surface area contributed by atoms with E-state index < -0.39 is 0 Å². The summed E-state index contributed by atoms with van der Waals surface area (Å²) < 4.78 is 10.9. The Morgan fingerprint density at radius 2 is 1.83 bits per heavy atom. The van der Waals surface area contributed by atoms with Crippen LogP contribution in [0.1, 0.15) is 37.9 Å². The second-order valence-electron chi connectivity index (χ2n) is 6.64. The van der Waals surface area contributed by atoms with Crippen LogP contribution in [0.3, 0.4) is 0 Å². The van der Waals surface area contributed by atoms with Crippen molar-refractivity contribution in [2.75, 3.05) is 38.7 Å². The monoisotopic (exact) mass is 399 g/mol. The number of hydrogen-bond acceptors (Lipinski definition) is 4. The normalized spacial score (nSPS) is 11.9. The first kappa shape index (κ1) is 22.7. The fourth-order valence-corrected chi connectivity index (χ4v) is 3.31. The number of anilines is 1. The largest absolute Gasteiger partial charge is 0.497 e. The van der Waals surface area contributed by atoms with Crippen molar-refractivity contribution >= 4 is 11.7 Å². The quantitative estimate of drug-likeness (QED) is 0.586. The van der Waals surface area contributed by atoms with Gasteiger partial charge < -0.3 is 20.1 Å². The first-order chi connectivity index (χ1) is 14.1. The van der Waals surface area contributed by atoms with Crippen molar-refractivity contribution in [1.82, 2.24) is 10.2 Å². The zero-order valence-electron chi connectivity index (χ0n) is 17.9. The lowest BCUT2D eigenvalue weighted by atomic mass is 10.0. The number of carbonyl (C=O) groups excluding carboxylic acids is 1. The topological polar surface area (TPSA) is 62.8 Å². The van der Waals surface area contributed by atoms with E-state index in [4.69, 9.17) is 9.47 Å². The molecule has 0 aromatic heterocycles. The van der Waals surface area contributed by atoms with Gasteiger partial charge >= 0.3 is 6.03 Å². The zero-order valence-corrected chi connectivity index (χ0v) is 17.9. The lowest BCUT2D eigenvalue weighted by Gasteiger charge is -2.30. The van der Waals surface area contributed by atoms with Crippen molar-refractivity contribution < 1.29 is 14.3 Å². The lowest BCUT2D eigenvalue weighted by Crippen LogP contribution is -2.39. The van der Waals surface area contributed by atoms with E-state index in [9.17, 15) is 4.79 Å². The highest BCUT2D eigenvalue weighted by Gasteiger charge is 2.19. The van der Waals surface area contributed by atoms with E-state index in [1.54, 1.807) is 7.11 Å². The van der Waals surface area contributed by atoms with Gasteiger partial charge in [0.2, 0.25) is 0 Å². The van der Waals surface area contributed by atoms with Gasteiger partial charge in [0.1, 0.15) is 5.75 Å². The minimum absolute atomic E-state index is 0.0597. The fourth-order valence-electron chi connectivity index (χ4n) is 3.31. The molecule has 158 valence electrons. The van der Waals surface area contributed by atoms with Crippen LogP contribution in [-0.2, 0) is 11.3 Å². The summed E-state index contributed by atoms with van der Waals surface area (Å²) in [5.41, 5.74) is 2.84. The molecule has 1 unspecified atom stereocenters. The van der Waals surface area contributed by atoms with Crippen LogP contribution in [0.5, 0.6) is 5.75 Å². The Morgan fingerprint density at radius 1 is 1.07 bits per heavy atom. The number of urea groups is 1. The standard InChI is InChI=1S/C23H33N3O3/c1-5-26(6-2)22(18-12-10-13-20(15-18)28-4)16-24-23(27)25-21-14-9-8-11-19(21)17-29-7-3/h8-15,22H,5-7,16-17H2,1-4H3,(H2,24,25,27). The Bertz CT molecular complexity index is 763. The molecule has 2 N–H and O–H groups in total. The van der Waals surface area contributed by atoms with Gasteiger partial charge in [-0.2, -0.15) is 0 Å².